The van der Waals surface area contributed by atoms with Gasteiger partial charge in [-0.05, 0) is 29.3 Å². The number of benzene rings is 1. The van der Waals surface area contributed by atoms with Gasteiger partial charge in [-0.2, -0.15) is 0 Å². The van der Waals surface area contributed by atoms with Crippen molar-refractivity contribution in [1.29, 1.82) is 0 Å². The van der Waals surface area contributed by atoms with Crippen molar-refractivity contribution in [2.24, 2.45) is 0 Å². The summed E-state index contributed by atoms with van der Waals surface area (Å²) in [6.45, 7) is 0.679. The first-order valence-electron chi connectivity index (χ1n) is 7.74. The van der Waals surface area contributed by atoms with Gasteiger partial charge in [-0.15, -0.1) is 0 Å². The zero-order valence-electron chi connectivity index (χ0n) is 13.4. The summed E-state index contributed by atoms with van der Waals surface area (Å²) in [7, 11) is 0. The molecule has 3 rings (SSSR count). The molecule has 0 fully saturated rings. The number of rotatable bonds is 5. The van der Waals surface area contributed by atoms with Crippen molar-refractivity contribution < 1.29 is 4.79 Å². The fourth-order valence-corrected chi connectivity index (χ4v) is 2.58. The first-order chi connectivity index (χ1) is 12.1. The molecular formula is C19H16ClN3O2. The molecule has 1 aromatic carbocycles. The number of carbonyl (C=O) groups is 1. The Labute approximate surface area is 149 Å². The van der Waals surface area contributed by atoms with Gasteiger partial charge >= 0.3 is 0 Å². The van der Waals surface area contributed by atoms with Crippen LogP contribution in [0, 0.1) is 0 Å². The number of aromatic nitrogens is 2. The standard InChI is InChI=1S/C19H16ClN3O2/c20-17-6-2-1-5-15(17)12-23-13-16(7-8-18(23)24)19(25)22-11-14-4-3-9-21-10-14/h1-10,13H,11-12H2,(H,22,25). The maximum Gasteiger partial charge on any atom is 0.253 e. The van der Waals surface area contributed by atoms with Crippen LogP contribution in [0.2, 0.25) is 5.02 Å². The van der Waals surface area contributed by atoms with Crippen LogP contribution < -0.4 is 10.9 Å². The average Bonchev–Trinajstić information content (AvgIpc) is 2.64. The first-order valence-corrected chi connectivity index (χ1v) is 8.12. The van der Waals surface area contributed by atoms with Crippen LogP contribution in [0.3, 0.4) is 0 Å². The summed E-state index contributed by atoms with van der Waals surface area (Å²) < 4.78 is 1.47. The van der Waals surface area contributed by atoms with E-state index in [1.165, 1.54) is 16.7 Å². The average molecular weight is 354 g/mol. The molecule has 3 aromatic rings. The third-order valence-electron chi connectivity index (χ3n) is 3.72. The molecule has 1 N–H and O–H groups in total. The van der Waals surface area contributed by atoms with Gasteiger partial charge in [0.15, 0.2) is 0 Å². The number of carbonyl (C=O) groups excluding carboxylic acids is 1. The van der Waals surface area contributed by atoms with Gasteiger partial charge in [0.05, 0.1) is 12.1 Å². The second-order valence-electron chi connectivity index (χ2n) is 5.52. The fourth-order valence-electron chi connectivity index (χ4n) is 2.39. The molecule has 5 nitrogen and oxygen atoms in total. The highest BCUT2D eigenvalue weighted by Crippen LogP contribution is 2.15. The third kappa shape index (κ3) is 4.33. The number of hydrogen-bond donors (Lipinski definition) is 1. The molecule has 126 valence electrons. The second kappa shape index (κ2) is 7.77. The highest BCUT2D eigenvalue weighted by molar-refractivity contribution is 6.31. The summed E-state index contributed by atoms with van der Waals surface area (Å²) >= 11 is 6.15. The minimum Gasteiger partial charge on any atom is -0.348 e. The molecule has 0 unspecified atom stereocenters. The number of nitrogens with one attached hydrogen (secondary N) is 1. The van der Waals surface area contributed by atoms with Crippen LogP contribution in [-0.2, 0) is 13.1 Å². The molecule has 25 heavy (non-hydrogen) atoms. The predicted octanol–water partition coefficient (Wildman–Crippen LogP) is 2.88. The van der Waals surface area contributed by atoms with E-state index in [0.29, 0.717) is 23.7 Å². The molecule has 0 spiro atoms. The Morgan fingerprint density at radius 3 is 2.72 bits per heavy atom. The zero-order chi connectivity index (χ0) is 17.6. The van der Waals surface area contributed by atoms with E-state index < -0.39 is 0 Å². The van der Waals surface area contributed by atoms with E-state index in [9.17, 15) is 9.59 Å². The molecule has 0 saturated heterocycles. The fraction of sp³-hybridized carbons (Fsp3) is 0.105. The van der Waals surface area contributed by atoms with E-state index in [-0.39, 0.29) is 11.5 Å². The van der Waals surface area contributed by atoms with Crippen LogP contribution in [0.1, 0.15) is 21.5 Å². The zero-order valence-corrected chi connectivity index (χ0v) is 14.1. The largest absolute Gasteiger partial charge is 0.348 e. The monoisotopic (exact) mass is 353 g/mol. The maximum atomic E-state index is 12.3. The minimum atomic E-state index is -0.253. The minimum absolute atomic E-state index is 0.191. The molecular weight excluding hydrogens is 338 g/mol. The molecule has 0 aliphatic carbocycles. The molecule has 0 aliphatic heterocycles. The third-order valence-corrected chi connectivity index (χ3v) is 4.09. The van der Waals surface area contributed by atoms with Gasteiger partial charge in [-0.25, -0.2) is 0 Å². The first kappa shape index (κ1) is 16.9. The highest BCUT2D eigenvalue weighted by Gasteiger charge is 2.09. The lowest BCUT2D eigenvalue weighted by atomic mass is 10.2. The maximum absolute atomic E-state index is 12.3. The smallest absolute Gasteiger partial charge is 0.253 e. The highest BCUT2D eigenvalue weighted by atomic mass is 35.5. The van der Waals surface area contributed by atoms with E-state index in [4.69, 9.17) is 11.6 Å². The quantitative estimate of drug-likeness (QED) is 0.767. The van der Waals surface area contributed by atoms with E-state index in [0.717, 1.165) is 11.1 Å². The van der Waals surface area contributed by atoms with Crippen LogP contribution in [-0.4, -0.2) is 15.5 Å². The van der Waals surface area contributed by atoms with Gasteiger partial charge in [0.2, 0.25) is 0 Å². The lowest BCUT2D eigenvalue weighted by molar-refractivity contribution is 0.0950. The van der Waals surface area contributed by atoms with E-state index in [1.807, 2.05) is 30.3 Å². The van der Waals surface area contributed by atoms with Gasteiger partial charge in [-0.3, -0.25) is 14.6 Å². The van der Waals surface area contributed by atoms with Crippen molar-refractivity contribution in [3.8, 4) is 0 Å². The van der Waals surface area contributed by atoms with Gasteiger partial charge in [0, 0.05) is 36.2 Å². The molecule has 0 bridgehead atoms. The van der Waals surface area contributed by atoms with Crippen LogP contribution in [0.5, 0.6) is 0 Å². The van der Waals surface area contributed by atoms with Gasteiger partial charge < -0.3 is 9.88 Å². The van der Waals surface area contributed by atoms with Crippen LogP contribution in [0.25, 0.3) is 0 Å². The van der Waals surface area contributed by atoms with Crippen LogP contribution >= 0.6 is 11.6 Å². The summed E-state index contributed by atoms with van der Waals surface area (Å²) in [5.41, 5.74) is 1.94. The van der Waals surface area contributed by atoms with Crippen LogP contribution in [0.4, 0.5) is 0 Å². The number of halogens is 1. The molecule has 2 aromatic heterocycles. The number of pyridine rings is 2. The Morgan fingerprint density at radius 2 is 1.96 bits per heavy atom. The number of nitrogens with zero attached hydrogens (tertiary/aromatic N) is 2. The Morgan fingerprint density at radius 1 is 1.12 bits per heavy atom. The molecule has 0 radical (unpaired) electrons. The van der Waals surface area contributed by atoms with Gasteiger partial charge in [0.1, 0.15) is 0 Å². The normalized spacial score (nSPS) is 10.4. The van der Waals surface area contributed by atoms with E-state index in [1.54, 1.807) is 24.7 Å². The lowest BCUT2D eigenvalue weighted by Gasteiger charge is -2.10. The Bertz CT molecular complexity index is 939. The Kier molecular flexibility index (Phi) is 5.26. The van der Waals surface area contributed by atoms with Crippen molar-refractivity contribution in [2.75, 3.05) is 0 Å². The summed E-state index contributed by atoms with van der Waals surface area (Å²) in [5, 5.41) is 3.40. The van der Waals surface area contributed by atoms with E-state index in [2.05, 4.69) is 10.3 Å². The topological polar surface area (TPSA) is 64.0 Å². The van der Waals surface area contributed by atoms with Crippen molar-refractivity contribution in [2.45, 2.75) is 13.1 Å². The SMILES string of the molecule is O=C(NCc1cccnc1)c1ccc(=O)n(Cc2ccccc2Cl)c1. The van der Waals surface area contributed by atoms with Gasteiger partial charge in [0.25, 0.3) is 11.5 Å². The Balaban J connectivity index is 1.75. The molecule has 1 amide bonds. The molecule has 0 saturated carbocycles. The predicted molar refractivity (Wildman–Crippen MR) is 96.7 cm³/mol. The lowest BCUT2D eigenvalue weighted by Crippen LogP contribution is -2.26. The van der Waals surface area contributed by atoms with Crippen molar-refractivity contribution in [1.82, 2.24) is 14.9 Å². The molecule has 0 aliphatic rings. The molecule has 6 heteroatoms. The summed E-state index contributed by atoms with van der Waals surface area (Å²) in [4.78, 5) is 28.4. The summed E-state index contributed by atoms with van der Waals surface area (Å²) in [6, 6.07) is 13.9. The number of hydrogen-bond acceptors (Lipinski definition) is 3. The van der Waals surface area contributed by atoms with Crippen molar-refractivity contribution >= 4 is 17.5 Å². The summed E-state index contributed by atoms with van der Waals surface area (Å²) in [6.07, 6.45) is 4.92. The van der Waals surface area contributed by atoms with Crippen molar-refractivity contribution in [3.63, 3.8) is 0 Å². The number of amides is 1. The van der Waals surface area contributed by atoms with E-state index >= 15 is 0 Å². The summed E-state index contributed by atoms with van der Waals surface area (Å²) in [5.74, 6) is -0.253. The van der Waals surface area contributed by atoms with Gasteiger partial charge in [-0.1, -0.05) is 35.9 Å². The van der Waals surface area contributed by atoms with Crippen LogP contribution in [0.15, 0.2) is 71.9 Å². The Hall–Kier alpha value is -2.92. The van der Waals surface area contributed by atoms with Crippen molar-refractivity contribution in [3.05, 3.63) is 99.2 Å². The second-order valence-corrected chi connectivity index (χ2v) is 5.93. The molecule has 0 atom stereocenters. The molecule has 2 heterocycles.